The normalized spacial score (nSPS) is 19.1. The van der Waals surface area contributed by atoms with Crippen LogP contribution in [-0.2, 0) is 16.8 Å². The van der Waals surface area contributed by atoms with Crippen molar-refractivity contribution in [3.05, 3.63) is 101 Å². The molecule has 34 heavy (non-hydrogen) atoms. The van der Waals surface area contributed by atoms with Crippen LogP contribution in [0.5, 0.6) is 0 Å². The number of para-hydroxylation sites is 1. The number of fused-ring (bicyclic) bond motifs is 1. The Kier molecular flexibility index (Phi) is 5.89. The number of hydrogen-bond donors (Lipinski definition) is 1. The Hall–Kier alpha value is -3.55. The van der Waals surface area contributed by atoms with Gasteiger partial charge in [-0.2, -0.15) is 0 Å². The predicted molar refractivity (Wildman–Crippen MR) is 134 cm³/mol. The molecule has 1 aliphatic heterocycles. The zero-order chi connectivity index (χ0) is 23.7. The maximum Gasteiger partial charge on any atom is 0.326 e. The summed E-state index contributed by atoms with van der Waals surface area (Å²) in [7, 11) is 1.91. The van der Waals surface area contributed by atoms with Crippen LogP contribution < -0.4 is 5.32 Å². The van der Waals surface area contributed by atoms with Crippen molar-refractivity contribution >= 4 is 33.5 Å². The lowest BCUT2D eigenvalue weighted by Crippen LogP contribution is -2.47. The van der Waals surface area contributed by atoms with Crippen LogP contribution in [0.1, 0.15) is 29.1 Å². The number of urea groups is 1. The van der Waals surface area contributed by atoms with Crippen molar-refractivity contribution in [2.24, 2.45) is 0 Å². The second-order valence-electron chi connectivity index (χ2n) is 8.69. The first-order chi connectivity index (χ1) is 16.5. The van der Waals surface area contributed by atoms with Gasteiger partial charge in [-0.05, 0) is 37.2 Å². The lowest BCUT2D eigenvalue weighted by Gasteiger charge is -2.29. The van der Waals surface area contributed by atoms with Gasteiger partial charge in [-0.3, -0.25) is 9.69 Å². The monoisotopic (exact) mass is 470 g/mol. The van der Waals surface area contributed by atoms with Crippen LogP contribution in [0.4, 0.5) is 4.79 Å². The van der Waals surface area contributed by atoms with E-state index in [0.29, 0.717) is 6.42 Å². The lowest BCUT2D eigenvalue weighted by atomic mass is 9.83. The Morgan fingerprint density at radius 2 is 1.62 bits per heavy atom. The highest BCUT2D eigenvalue weighted by Gasteiger charge is 2.52. The summed E-state index contributed by atoms with van der Waals surface area (Å²) in [6.45, 7) is 2.22. The molecule has 1 N–H and O–H groups in total. The van der Waals surface area contributed by atoms with Gasteiger partial charge in [0.2, 0.25) is 0 Å². The van der Waals surface area contributed by atoms with Gasteiger partial charge in [-0.15, -0.1) is 11.3 Å². The van der Waals surface area contributed by atoms with Crippen molar-refractivity contribution < 1.29 is 9.59 Å². The number of carbonyl (C=O) groups is 2. The molecular formula is C27H26N4O2S. The molecule has 172 valence electrons. The molecule has 3 aromatic carbocycles. The number of thiazole rings is 1. The molecule has 1 aromatic heterocycles. The number of benzene rings is 3. The van der Waals surface area contributed by atoms with Crippen LogP contribution in [0.3, 0.4) is 0 Å². The summed E-state index contributed by atoms with van der Waals surface area (Å²) in [6.07, 6.45) is 0.385. The van der Waals surface area contributed by atoms with Crippen molar-refractivity contribution in [1.29, 1.82) is 0 Å². The number of nitrogens with zero attached hydrogens (tertiary/aromatic N) is 3. The number of aromatic nitrogens is 1. The van der Waals surface area contributed by atoms with Crippen molar-refractivity contribution in [3.8, 4) is 0 Å². The molecule has 4 aromatic rings. The van der Waals surface area contributed by atoms with Crippen LogP contribution in [0.25, 0.3) is 10.2 Å². The molecule has 2 heterocycles. The van der Waals surface area contributed by atoms with Gasteiger partial charge >= 0.3 is 6.03 Å². The third kappa shape index (κ3) is 3.97. The number of rotatable bonds is 7. The predicted octanol–water partition coefficient (Wildman–Crippen LogP) is 4.94. The number of hydrogen-bond acceptors (Lipinski definition) is 5. The Labute approximate surface area is 202 Å². The third-order valence-electron chi connectivity index (χ3n) is 6.45. The highest BCUT2D eigenvalue weighted by Crippen LogP contribution is 2.34. The Balaban J connectivity index is 1.42. The van der Waals surface area contributed by atoms with Crippen LogP contribution in [0, 0.1) is 0 Å². The summed E-state index contributed by atoms with van der Waals surface area (Å²) >= 11 is 1.63. The average Bonchev–Trinajstić information content (AvgIpc) is 3.40. The third-order valence-corrected chi connectivity index (χ3v) is 7.65. The molecule has 0 unspecified atom stereocenters. The minimum absolute atomic E-state index is 0.0566. The SMILES string of the molecule is C[C@H](c1nc2ccccc2s1)N(C)CN1C(=O)N[C@](Cc2ccccc2)(c2ccccc2)C1=O. The fourth-order valence-corrected chi connectivity index (χ4v) is 5.48. The fourth-order valence-electron chi connectivity index (χ4n) is 4.40. The van der Waals surface area contributed by atoms with Gasteiger partial charge in [0.1, 0.15) is 5.01 Å². The fraction of sp³-hybridized carbons (Fsp3) is 0.222. The van der Waals surface area contributed by atoms with E-state index in [4.69, 9.17) is 4.98 Å². The number of carbonyl (C=O) groups excluding carboxylic acids is 2. The average molecular weight is 471 g/mol. The van der Waals surface area contributed by atoms with E-state index in [9.17, 15) is 9.59 Å². The Morgan fingerprint density at radius 1 is 0.971 bits per heavy atom. The van der Waals surface area contributed by atoms with Crippen LogP contribution >= 0.6 is 11.3 Å². The molecule has 5 rings (SSSR count). The second kappa shape index (κ2) is 9.00. The van der Waals surface area contributed by atoms with E-state index in [1.54, 1.807) is 11.3 Å². The zero-order valence-electron chi connectivity index (χ0n) is 19.1. The van der Waals surface area contributed by atoms with Crippen molar-refractivity contribution in [2.45, 2.75) is 24.9 Å². The minimum Gasteiger partial charge on any atom is -0.319 e. The molecule has 1 fully saturated rings. The maximum atomic E-state index is 13.9. The summed E-state index contributed by atoms with van der Waals surface area (Å²) < 4.78 is 1.12. The summed E-state index contributed by atoms with van der Waals surface area (Å²) in [4.78, 5) is 35.1. The number of nitrogens with one attached hydrogen (secondary N) is 1. The van der Waals surface area contributed by atoms with Gasteiger partial charge in [0, 0.05) is 6.42 Å². The first-order valence-electron chi connectivity index (χ1n) is 11.3. The molecule has 3 amide bonds. The Morgan fingerprint density at radius 3 is 2.32 bits per heavy atom. The quantitative estimate of drug-likeness (QED) is 0.389. The largest absolute Gasteiger partial charge is 0.326 e. The van der Waals surface area contributed by atoms with Gasteiger partial charge in [-0.1, -0.05) is 72.8 Å². The number of amides is 3. The highest BCUT2D eigenvalue weighted by atomic mass is 32.1. The molecule has 2 atom stereocenters. The standard InChI is InChI=1S/C27H26N4O2S/c1-19(24-28-22-15-9-10-16-23(22)34-24)30(2)18-31-25(32)27(29-26(31)33,21-13-7-4-8-14-21)17-20-11-5-3-6-12-20/h3-16,19H,17-18H2,1-2H3,(H,29,33)/t19-,27-/m1/s1. The summed E-state index contributed by atoms with van der Waals surface area (Å²) in [5.74, 6) is -0.240. The molecule has 7 heteroatoms. The van der Waals surface area contributed by atoms with Crippen LogP contribution in [0.15, 0.2) is 84.9 Å². The van der Waals surface area contributed by atoms with E-state index in [1.165, 1.54) is 4.90 Å². The van der Waals surface area contributed by atoms with Gasteiger partial charge in [0.15, 0.2) is 5.54 Å². The first kappa shape index (κ1) is 22.3. The summed E-state index contributed by atoms with van der Waals surface area (Å²) in [6, 6.07) is 26.9. The van der Waals surface area contributed by atoms with Gasteiger partial charge in [-0.25, -0.2) is 14.7 Å². The van der Waals surface area contributed by atoms with E-state index in [-0.39, 0.29) is 24.6 Å². The molecule has 0 spiro atoms. The van der Waals surface area contributed by atoms with Gasteiger partial charge < -0.3 is 5.32 Å². The Bertz CT molecular complexity index is 1290. The van der Waals surface area contributed by atoms with E-state index in [1.807, 2.05) is 97.7 Å². The van der Waals surface area contributed by atoms with E-state index < -0.39 is 5.54 Å². The number of imide groups is 1. The highest BCUT2D eigenvalue weighted by molar-refractivity contribution is 7.18. The molecule has 1 aliphatic rings. The lowest BCUT2D eigenvalue weighted by molar-refractivity contribution is -0.133. The molecule has 6 nitrogen and oxygen atoms in total. The molecule has 1 saturated heterocycles. The molecule has 0 radical (unpaired) electrons. The maximum absolute atomic E-state index is 13.9. The van der Waals surface area contributed by atoms with Crippen LogP contribution in [-0.4, -0.2) is 40.4 Å². The molecule has 0 aliphatic carbocycles. The first-order valence-corrected chi connectivity index (χ1v) is 12.1. The van der Waals surface area contributed by atoms with E-state index in [0.717, 1.165) is 26.4 Å². The second-order valence-corrected chi connectivity index (χ2v) is 9.75. The topological polar surface area (TPSA) is 65.5 Å². The summed E-state index contributed by atoms with van der Waals surface area (Å²) in [5.41, 5.74) is 1.59. The smallest absolute Gasteiger partial charge is 0.319 e. The molecular weight excluding hydrogens is 444 g/mol. The van der Waals surface area contributed by atoms with Crippen molar-refractivity contribution in [3.63, 3.8) is 0 Å². The van der Waals surface area contributed by atoms with E-state index in [2.05, 4.69) is 11.4 Å². The summed E-state index contributed by atoms with van der Waals surface area (Å²) in [5, 5.41) is 3.99. The van der Waals surface area contributed by atoms with Crippen molar-refractivity contribution in [1.82, 2.24) is 20.1 Å². The molecule has 0 saturated carbocycles. The van der Waals surface area contributed by atoms with Crippen molar-refractivity contribution in [2.75, 3.05) is 13.7 Å². The van der Waals surface area contributed by atoms with Gasteiger partial charge in [0.25, 0.3) is 5.91 Å². The minimum atomic E-state index is -1.14. The van der Waals surface area contributed by atoms with Crippen LogP contribution in [0.2, 0.25) is 0 Å². The van der Waals surface area contributed by atoms with E-state index >= 15 is 0 Å². The van der Waals surface area contributed by atoms with Gasteiger partial charge in [0.05, 0.1) is 22.9 Å². The molecule has 0 bridgehead atoms. The zero-order valence-corrected chi connectivity index (χ0v) is 20.0.